The molecule has 3 aromatic carbocycles. The van der Waals surface area contributed by atoms with Crippen LogP contribution in [0.1, 0.15) is 11.1 Å². The van der Waals surface area contributed by atoms with Gasteiger partial charge in [0.1, 0.15) is 6.61 Å². The highest BCUT2D eigenvalue weighted by molar-refractivity contribution is 14.1. The number of rotatable bonds is 8. The molecule has 31 heavy (non-hydrogen) atoms. The fourth-order valence-electron chi connectivity index (χ4n) is 2.91. The summed E-state index contributed by atoms with van der Waals surface area (Å²) in [4.78, 5) is 4.58. The first kappa shape index (κ1) is 21.3. The molecule has 1 aromatic heterocycles. The van der Waals surface area contributed by atoms with Gasteiger partial charge in [-0.1, -0.05) is 60.7 Å². The molecule has 7 heteroatoms. The highest BCUT2D eigenvalue weighted by Gasteiger charge is 2.11. The van der Waals surface area contributed by atoms with Crippen molar-refractivity contribution in [2.45, 2.75) is 6.61 Å². The smallest absolute Gasteiger partial charge is 0.203 e. The van der Waals surface area contributed by atoms with Crippen molar-refractivity contribution in [2.75, 3.05) is 12.5 Å². The van der Waals surface area contributed by atoms with Gasteiger partial charge in [0, 0.05) is 10.9 Å². The van der Waals surface area contributed by atoms with Crippen molar-refractivity contribution in [3.8, 4) is 22.8 Å². The number of thiazole rings is 1. The average molecular weight is 541 g/mol. The van der Waals surface area contributed by atoms with Crippen molar-refractivity contribution in [1.29, 1.82) is 0 Å². The monoisotopic (exact) mass is 541 g/mol. The molecule has 0 radical (unpaired) electrons. The summed E-state index contributed by atoms with van der Waals surface area (Å²) < 4.78 is 12.5. The molecule has 5 nitrogen and oxygen atoms in total. The number of halogens is 1. The minimum Gasteiger partial charge on any atom is -0.493 e. The molecule has 0 bridgehead atoms. The molecule has 0 fully saturated rings. The molecular formula is C24H20IN3O2S. The van der Waals surface area contributed by atoms with E-state index >= 15 is 0 Å². The van der Waals surface area contributed by atoms with Crippen LogP contribution in [-0.4, -0.2) is 18.3 Å². The van der Waals surface area contributed by atoms with Crippen molar-refractivity contribution in [2.24, 2.45) is 5.10 Å². The van der Waals surface area contributed by atoms with Crippen molar-refractivity contribution >= 4 is 45.3 Å². The highest BCUT2D eigenvalue weighted by Crippen LogP contribution is 2.34. The Morgan fingerprint density at radius 1 is 1.06 bits per heavy atom. The Balaban J connectivity index is 1.43. The van der Waals surface area contributed by atoms with Crippen molar-refractivity contribution in [1.82, 2.24) is 4.98 Å². The molecule has 0 aliphatic carbocycles. The van der Waals surface area contributed by atoms with E-state index in [1.807, 2.05) is 78.2 Å². The van der Waals surface area contributed by atoms with Crippen molar-refractivity contribution in [3.63, 3.8) is 0 Å². The van der Waals surface area contributed by atoms with Crippen LogP contribution in [0.4, 0.5) is 5.13 Å². The van der Waals surface area contributed by atoms with Crippen molar-refractivity contribution < 1.29 is 9.47 Å². The molecule has 0 atom stereocenters. The Hall–Kier alpha value is -2.91. The second-order valence-corrected chi connectivity index (χ2v) is 8.60. The topological polar surface area (TPSA) is 55.7 Å². The lowest BCUT2D eigenvalue weighted by Crippen LogP contribution is -2.01. The van der Waals surface area contributed by atoms with Gasteiger partial charge >= 0.3 is 0 Å². The van der Waals surface area contributed by atoms with Crippen molar-refractivity contribution in [3.05, 3.63) is 92.9 Å². The second kappa shape index (κ2) is 10.4. The minimum atomic E-state index is 0.482. The fraction of sp³-hybridized carbons (Fsp3) is 0.0833. The number of nitrogens with one attached hydrogen (secondary N) is 1. The highest BCUT2D eigenvalue weighted by atomic mass is 127. The molecule has 0 saturated heterocycles. The minimum absolute atomic E-state index is 0.482. The van der Waals surface area contributed by atoms with E-state index in [9.17, 15) is 0 Å². The molecule has 0 aliphatic rings. The maximum absolute atomic E-state index is 6.02. The third kappa shape index (κ3) is 5.62. The molecule has 1 heterocycles. The summed E-state index contributed by atoms with van der Waals surface area (Å²) in [6.07, 6.45) is 1.75. The van der Waals surface area contributed by atoms with Crippen LogP contribution >= 0.6 is 33.9 Å². The summed E-state index contributed by atoms with van der Waals surface area (Å²) in [5.74, 6) is 1.40. The summed E-state index contributed by atoms with van der Waals surface area (Å²) in [6.45, 7) is 0.482. The first-order valence-corrected chi connectivity index (χ1v) is 11.5. The van der Waals surface area contributed by atoms with E-state index in [1.165, 1.54) is 11.3 Å². The average Bonchev–Trinajstić information content (AvgIpc) is 3.28. The third-order valence-corrected chi connectivity index (χ3v) is 5.97. The first-order chi connectivity index (χ1) is 15.2. The van der Waals surface area contributed by atoms with E-state index in [1.54, 1.807) is 13.3 Å². The largest absolute Gasteiger partial charge is 0.493 e. The fourth-order valence-corrected chi connectivity index (χ4v) is 4.36. The van der Waals surface area contributed by atoms with Gasteiger partial charge in [-0.2, -0.15) is 5.10 Å². The summed E-state index contributed by atoms with van der Waals surface area (Å²) in [5.41, 5.74) is 7.03. The van der Waals surface area contributed by atoms with E-state index in [0.717, 1.165) is 36.8 Å². The molecular weight excluding hydrogens is 521 g/mol. The number of anilines is 1. The van der Waals surface area contributed by atoms with Gasteiger partial charge in [-0.3, -0.25) is 5.43 Å². The summed E-state index contributed by atoms with van der Waals surface area (Å²) in [6, 6.07) is 24.0. The number of methoxy groups -OCH3 is 1. The zero-order chi connectivity index (χ0) is 21.5. The molecule has 156 valence electrons. The van der Waals surface area contributed by atoms with Gasteiger partial charge in [-0.05, 0) is 45.9 Å². The number of benzene rings is 3. The predicted molar refractivity (Wildman–Crippen MR) is 135 cm³/mol. The van der Waals surface area contributed by atoms with Crippen LogP contribution in [0.3, 0.4) is 0 Å². The van der Waals surface area contributed by atoms with E-state index in [-0.39, 0.29) is 0 Å². The molecule has 0 amide bonds. The van der Waals surface area contributed by atoms with Gasteiger partial charge in [-0.25, -0.2) is 4.98 Å². The maximum Gasteiger partial charge on any atom is 0.203 e. The maximum atomic E-state index is 6.02. The van der Waals surface area contributed by atoms with Gasteiger partial charge in [0.2, 0.25) is 5.13 Å². The van der Waals surface area contributed by atoms with Gasteiger partial charge in [0.25, 0.3) is 0 Å². The van der Waals surface area contributed by atoms with Gasteiger partial charge < -0.3 is 9.47 Å². The number of aromatic nitrogens is 1. The van der Waals surface area contributed by atoms with Gasteiger partial charge in [0.15, 0.2) is 11.5 Å². The number of nitrogens with zero attached hydrogens (tertiary/aromatic N) is 2. The normalized spacial score (nSPS) is 10.9. The molecule has 0 aliphatic heterocycles. The zero-order valence-corrected chi connectivity index (χ0v) is 19.8. The molecule has 0 unspecified atom stereocenters. The number of hydrogen-bond donors (Lipinski definition) is 1. The van der Waals surface area contributed by atoms with Crippen LogP contribution < -0.4 is 14.9 Å². The van der Waals surface area contributed by atoms with Crippen LogP contribution in [0.5, 0.6) is 11.5 Å². The van der Waals surface area contributed by atoms with Crippen LogP contribution in [-0.2, 0) is 6.61 Å². The quantitative estimate of drug-likeness (QED) is 0.158. The molecule has 0 saturated carbocycles. The number of hydrogen-bond acceptors (Lipinski definition) is 6. The van der Waals surface area contributed by atoms with Crippen LogP contribution in [0, 0.1) is 3.57 Å². The third-order valence-electron chi connectivity index (χ3n) is 4.43. The van der Waals surface area contributed by atoms with Crippen LogP contribution in [0.15, 0.2) is 83.3 Å². The lowest BCUT2D eigenvalue weighted by molar-refractivity contribution is 0.282. The lowest BCUT2D eigenvalue weighted by Gasteiger charge is -2.13. The summed E-state index contributed by atoms with van der Waals surface area (Å²) in [7, 11) is 1.64. The van der Waals surface area contributed by atoms with E-state index in [0.29, 0.717) is 12.4 Å². The standard InChI is InChI=1S/C24H20IN3O2S/c1-29-22-13-18(12-20(25)23(22)30-15-17-8-4-2-5-9-17)14-26-28-24-27-21(16-31-24)19-10-6-3-7-11-19/h2-14,16H,15H2,1H3,(H,27,28). The Morgan fingerprint density at radius 2 is 1.81 bits per heavy atom. The summed E-state index contributed by atoms with van der Waals surface area (Å²) in [5, 5.41) is 7.08. The predicted octanol–water partition coefficient (Wildman–Crippen LogP) is 6.45. The zero-order valence-electron chi connectivity index (χ0n) is 16.8. The SMILES string of the molecule is COc1cc(C=NNc2nc(-c3ccccc3)cs2)cc(I)c1OCc1ccccc1. The Bertz CT molecular complexity index is 1160. The number of ether oxygens (including phenoxy) is 2. The number of hydrazone groups is 1. The van der Waals surface area contributed by atoms with Gasteiger partial charge in [-0.15, -0.1) is 11.3 Å². The molecule has 4 rings (SSSR count). The molecule has 0 spiro atoms. The van der Waals surface area contributed by atoms with E-state index in [4.69, 9.17) is 9.47 Å². The van der Waals surface area contributed by atoms with Crippen LogP contribution in [0.25, 0.3) is 11.3 Å². The van der Waals surface area contributed by atoms with E-state index < -0.39 is 0 Å². The van der Waals surface area contributed by atoms with E-state index in [2.05, 4.69) is 38.1 Å². The first-order valence-electron chi connectivity index (χ1n) is 9.57. The summed E-state index contributed by atoms with van der Waals surface area (Å²) >= 11 is 3.77. The second-order valence-electron chi connectivity index (χ2n) is 6.58. The molecule has 1 N–H and O–H groups in total. The van der Waals surface area contributed by atoms with Crippen LogP contribution in [0.2, 0.25) is 0 Å². The van der Waals surface area contributed by atoms with Gasteiger partial charge in [0.05, 0.1) is 22.6 Å². The Kier molecular flexibility index (Phi) is 7.16. The Labute approximate surface area is 198 Å². The lowest BCUT2D eigenvalue weighted by atomic mass is 10.2. The molecule has 4 aromatic rings. The Morgan fingerprint density at radius 3 is 2.55 bits per heavy atom.